The normalized spacial score (nSPS) is 18.2. The highest BCUT2D eigenvalue weighted by atomic mass is 16.5. The van der Waals surface area contributed by atoms with Crippen molar-refractivity contribution >= 4 is 11.9 Å². The summed E-state index contributed by atoms with van der Waals surface area (Å²) in [6.07, 6.45) is 14.8. The molecule has 0 amide bonds. The van der Waals surface area contributed by atoms with Crippen molar-refractivity contribution in [1.82, 2.24) is 0 Å². The van der Waals surface area contributed by atoms with Crippen LogP contribution >= 0.6 is 0 Å². The summed E-state index contributed by atoms with van der Waals surface area (Å²) in [5.74, 6) is 0.0195. The number of hydrogen-bond acceptors (Lipinski definition) is 6. The number of hydrogen-bond donors (Lipinski definition) is 0. The molecular weight excluding hydrogens is 420 g/mol. The minimum atomic E-state index is -0.411. The molecule has 1 saturated carbocycles. The van der Waals surface area contributed by atoms with Gasteiger partial charge in [-0.05, 0) is 69.4 Å². The second-order valence-corrected chi connectivity index (χ2v) is 7.96. The lowest BCUT2D eigenvalue weighted by molar-refractivity contribution is -0.140. The van der Waals surface area contributed by atoms with Crippen molar-refractivity contribution in [2.24, 2.45) is 0 Å². The Kier molecular flexibility index (Phi) is 13.5. The Hall–Kier alpha value is -2.86. The molecule has 2 atom stereocenters. The molecule has 6 heteroatoms. The molecule has 0 radical (unpaired) electrons. The largest absolute Gasteiger partial charge is 0.501 e. The predicted molar refractivity (Wildman–Crippen MR) is 130 cm³/mol. The highest BCUT2D eigenvalue weighted by Gasteiger charge is 2.31. The number of ether oxygens (including phenoxy) is 4. The highest BCUT2D eigenvalue weighted by molar-refractivity contribution is 5.86. The van der Waals surface area contributed by atoms with Crippen molar-refractivity contribution in [1.29, 1.82) is 0 Å². The second-order valence-electron chi connectivity index (χ2n) is 7.96. The maximum absolute atomic E-state index is 12.0. The van der Waals surface area contributed by atoms with E-state index in [1.54, 1.807) is 32.3 Å². The molecule has 0 bridgehead atoms. The Morgan fingerprint density at radius 3 is 2.42 bits per heavy atom. The summed E-state index contributed by atoms with van der Waals surface area (Å²) in [6.45, 7) is 13.7. The van der Waals surface area contributed by atoms with Gasteiger partial charge in [-0.3, -0.25) is 0 Å². The number of carbonyl (C=O) groups is 2. The molecule has 1 fully saturated rings. The molecule has 1 aliphatic rings. The van der Waals surface area contributed by atoms with E-state index in [1.807, 2.05) is 26.0 Å². The molecule has 6 nitrogen and oxygen atoms in total. The van der Waals surface area contributed by atoms with Gasteiger partial charge in [0.15, 0.2) is 0 Å². The number of rotatable bonds is 16. The van der Waals surface area contributed by atoms with Crippen molar-refractivity contribution in [3.8, 4) is 0 Å². The van der Waals surface area contributed by atoms with Crippen LogP contribution in [0.2, 0.25) is 0 Å². The Morgan fingerprint density at radius 2 is 1.79 bits per heavy atom. The fourth-order valence-electron chi connectivity index (χ4n) is 2.76. The van der Waals surface area contributed by atoms with Gasteiger partial charge in [0.05, 0.1) is 25.6 Å². The topological polar surface area (TPSA) is 71.1 Å². The Labute approximate surface area is 198 Å². The summed E-state index contributed by atoms with van der Waals surface area (Å²) in [7, 11) is 1.60. The van der Waals surface area contributed by atoms with E-state index < -0.39 is 5.97 Å². The van der Waals surface area contributed by atoms with Crippen LogP contribution in [-0.4, -0.2) is 44.5 Å². The summed E-state index contributed by atoms with van der Waals surface area (Å²) < 4.78 is 21.4. The minimum absolute atomic E-state index is 0.129. The molecule has 0 aromatic rings. The third-order valence-corrected chi connectivity index (χ3v) is 4.84. The molecular formula is C27H38O6. The van der Waals surface area contributed by atoms with Gasteiger partial charge < -0.3 is 18.9 Å². The molecule has 0 saturated heterocycles. The molecule has 1 aliphatic carbocycles. The van der Waals surface area contributed by atoms with Crippen LogP contribution in [0.3, 0.4) is 0 Å². The van der Waals surface area contributed by atoms with Crippen molar-refractivity contribution in [2.75, 3.05) is 20.3 Å². The smallest absolute Gasteiger partial charge is 0.333 e. The third-order valence-electron chi connectivity index (χ3n) is 4.84. The number of methoxy groups -OCH3 is 1. The van der Waals surface area contributed by atoms with Gasteiger partial charge >= 0.3 is 11.9 Å². The molecule has 0 aliphatic heterocycles. The first kappa shape index (κ1) is 28.2. The number of carbonyl (C=O) groups excluding carboxylic acids is 2. The molecule has 0 spiro atoms. The zero-order chi connectivity index (χ0) is 24.6. The molecule has 0 heterocycles. The highest BCUT2D eigenvalue weighted by Crippen LogP contribution is 2.33. The fraction of sp³-hybridized carbons (Fsp3) is 0.481. The monoisotopic (exact) mass is 458 g/mol. The summed E-state index contributed by atoms with van der Waals surface area (Å²) in [4.78, 5) is 23.3. The van der Waals surface area contributed by atoms with Crippen LogP contribution in [0.5, 0.6) is 0 Å². The first-order valence-corrected chi connectivity index (χ1v) is 11.3. The van der Waals surface area contributed by atoms with E-state index in [1.165, 1.54) is 6.08 Å². The van der Waals surface area contributed by atoms with Crippen molar-refractivity contribution < 1.29 is 28.5 Å². The van der Waals surface area contributed by atoms with Gasteiger partial charge in [-0.15, -0.1) is 0 Å². The molecule has 2 unspecified atom stereocenters. The molecule has 0 N–H and O–H groups in total. The van der Waals surface area contributed by atoms with Crippen LogP contribution in [0.4, 0.5) is 0 Å². The van der Waals surface area contributed by atoms with Crippen LogP contribution in [0, 0.1) is 0 Å². The van der Waals surface area contributed by atoms with Crippen molar-refractivity contribution in [2.45, 2.75) is 65.1 Å². The van der Waals surface area contributed by atoms with Crippen LogP contribution in [0.1, 0.15) is 52.9 Å². The SMILES string of the molecule is C=CC(/C=C/C(=O)OC(C)/C=C1\CC1OCCCCCCOC(=O)C(=C)C)=C\C=C(/C)OC. The van der Waals surface area contributed by atoms with Crippen LogP contribution < -0.4 is 0 Å². The molecule has 182 valence electrons. The maximum atomic E-state index is 12.0. The van der Waals surface area contributed by atoms with Gasteiger partial charge in [0, 0.05) is 24.7 Å². The summed E-state index contributed by atoms with van der Waals surface area (Å²) in [5, 5.41) is 0. The summed E-state index contributed by atoms with van der Waals surface area (Å²) in [5.41, 5.74) is 2.37. The Bertz CT molecular complexity index is 799. The lowest BCUT2D eigenvalue weighted by atomic mass is 10.2. The average molecular weight is 459 g/mol. The first-order chi connectivity index (χ1) is 15.8. The van der Waals surface area contributed by atoms with Crippen molar-refractivity contribution in [3.05, 3.63) is 72.1 Å². The van der Waals surface area contributed by atoms with E-state index in [-0.39, 0.29) is 18.2 Å². The molecule has 0 aromatic heterocycles. The van der Waals surface area contributed by atoms with Crippen LogP contribution in [0.25, 0.3) is 0 Å². The quantitative estimate of drug-likeness (QED) is 0.0756. The van der Waals surface area contributed by atoms with Gasteiger partial charge in [-0.1, -0.05) is 31.7 Å². The summed E-state index contributed by atoms with van der Waals surface area (Å²) >= 11 is 0. The van der Waals surface area contributed by atoms with Gasteiger partial charge in [-0.25, -0.2) is 9.59 Å². The molecule has 1 rings (SSSR count). The maximum Gasteiger partial charge on any atom is 0.333 e. The van der Waals surface area contributed by atoms with Crippen LogP contribution in [-0.2, 0) is 28.5 Å². The zero-order valence-electron chi connectivity index (χ0n) is 20.4. The standard InChI is InChI=1S/C27H38O6/c1-7-23(13-12-21(4)30-6)14-15-26(28)33-22(5)18-24-19-25(24)31-16-10-8-9-11-17-32-27(29)20(2)3/h7,12-15,18,22,25H,1-2,8-11,16-17,19H2,3-6H3/b15-14+,21-12+,23-13+,24-18+. The third kappa shape index (κ3) is 13.3. The van der Waals surface area contributed by atoms with Gasteiger partial charge in [-0.2, -0.15) is 0 Å². The van der Waals surface area contributed by atoms with E-state index in [4.69, 9.17) is 18.9 Å². The number of unbranched alkanes of at least 4 members (excludes halogenated alkanes) is 3. The van der Waals surface area contributed by atoms with Gasteiger partial charge in [0.2, 0.25) is 0 Å². The summed E-state index contributed by atoms with van der Waals surface area (Å²) in [6, 6.07) is 0. The van der Waals surface area contributed by atoms with Gasteiger partial charge in [0.25, 0.3) is 0 Å². The Morgan fingerprint density at radius 1 is 1.09 bits per heavy atom. The lowest BCUT2D eigenvalue weighted by Gasteiger charge is -2.07. The average Bonchev–Trinajstić information content (AvgIpc) is 3.52. The van der Waals surface area contributed by atoms with E-state index in [2.05, 4.69) is 13.2 Å². The van der Waals surface area contributed by atoms with Crippen molar-refractivity contribution in [3.63, 3.8) is 0 Å². The van der Waals surface area contributed by atoms with Crippen LogP contribution in [0.15, 0.2) is 72.1 Å². The van der Waals surface area contributed by atoms with E-state index >= 15 is 0 Å². The molecule has 33 heavy (non-hydrogen) atoms. The first-order valence-electron chi connectivity index (χ1n) is 11.3. The van der Waals surface area contributed by atoms with Gasteiger partial charge in [0.1, 0.15) is 6.10 Å². The minimum Gasteiger partial charge on any atom is -0.501 e. The number of allylic oxidation sites excluding steroid dienone is 6. The van der Waals surface area contributed by atoms with E-state index in [0.29, 0.717) is 18.8 Å². The fourth-order valence-corrected chi connectivity index (χ4v) is 2.76. The van der Waals surface area contributed by atoms with E-state index in [0.717, 1.165) is 49.0 Å². The molecule has 0 aromatic carbocycles. The second kappa shape index (κ2) is 15.9. The predicted octanol–water partition coefficient (Wildman–Crippen LogP) is 5.53. The Balaban J connectivity index is 2.21. The lowest BCUT2D eigenvalue weighted by Crippen LogP contribution is -2.10. The number of esters is 2. The van der Waals surface area contributed by atoms with E-state index in [9.17, 15) is 9.59 Å². The zero-order valence-corrected chi connectivity index (χ0v) is 20.4.